The summed E-state index contributed by atoms with van der Waals surface area (Å²) in [5.41, 5.74) is -0.259. The Kier molecular flexibility index (Phi) is 9.87. The van der Waals surface area contributed by atoms with E-state index in [1.807, 2.05) is 0 Å². The van der Waals surface area contributed by atoms with E-state index in [-0.39, 0.29) is 55.9 Å². The summed E-state index contributed by atoms with van der Waals surface area (Å²) in [5.74, 6) is 0.560. The Morgan fingerprint density at radius 3 is 2.17 bits per heavy atom. The highest BCUT2D eigenvalue weighted by molar-refractivity contribution is 14.0. The number of aliphatic imine (C=N–C) groups is 1. The molecule has 0 amide bonds. The molecule has 6 nitrogen and oxygen atoms in total. The van der Waals surface area contributed by atoms with E-state index < -0.39 is 15.5 Å². The number of nitrogens with zero attached hydrogens (tertiary/aromatic N) is 2. The number of nitrogens with one attached hydrogen (secondary N) is 2. The topological polar surface area (TPSA) is 73.8 Å². The summed E-state index contributed by atoms with van der Waals surface area (Å²) in [5, 5.41) is 6.40. The largest absolute Gasteiger partial charge is 0.511 e. The Bertz CT molecular complexity index is 829. The molecule has 0 aliphatic carbocycles. The molecule has 0 unspecified atom stereocenters. The van der Waals surface area contributed by atoms with Crippen LogP contribution in [-0.4, -0.2) is 56.9 Å². The van der Waals surface area contributed by atoms with E-state index in [0.717, 1.165) is 6.42 Å². The minimum Gasteiger partial charge on any atom is -0.356 e. The maximum absolute atomic E-state index is 12.7. The van der Waals surface area contributed by atoms with Crippen molar-refractivity contribution in [3.63, 3.8) is 0 Å². The van der Waals surface area contributed by atoms with E-state index >= 15 is 0 Å². The molecule has 0 aromatic heterocycles. The number of halogens is 4. The molecule has 11 heteroatoms. The number of guanidine groups is 1. The second-order valence-corrected chi connectivity index (χ2v) is 9.32. The normalized spacial score (nSPS) is 16.8. The predicted octanol–water partition coefficient (Wildman–Crippen LogP) is 3.25. The van der Waals surface area contributed by atoms with Crippen molar-refractivity contribution in [2.45, 2.75) is 51.6 Å². The van der Waals surface area contributed by atoms with Crippen molar-refractivity contribution >= 4 is 40.0 Å². The first-order valence-corrected chi connectivity index (χ1v) is 11.0. The summed E-state index contributed by atoms with van der Waals surface area (Å²) in [6.07, 6.45) is 1.39. The molecule has 1 aliphatic rings. The van der Waals surface area contributed by atoms with Crippen LogP contribution in [0.15, 0.2) is 17.1 Å². The van der Waals surface area contributed by atoms with Crippen LogP contribution in [0.2, 0.25) is 0 Å². The first-order chi connectivity index (χ1) is 13.5. The van der Waals surface area contributed by atoms with Gasteiger partial charge in [-0.1, -0.05) is 17.7 Å². The Morgan fingerprint density at radius 2 is 1.70 bits per heavy atom. The molecule has 2 rings (SSSR count). The van der Waals surface area contributed by atoms with Gasteiger partial charge in [-0.3, -0.25) is 4.99 Å². The van der Waals surface area contributed by atoms with Crippen LogP contribution in [0.1, 0.15) is 35.1 Å². The molecular formula is C19H30F3IN4O2S. The average Bonchev–Trinajstić information content (AvgIpc) is 2.62. The Balaban J connectivity index is 0.00000450. The number of hydrogen-bond acceptors (Lipinski definition) is 3. The van der Waals surface area contributed by atoms with Crippen LogP contribution >= 0.6 is 24.0 Å². The van der Waals surface area contributed by atoms with Gasteiger partial charge in [-0.15, -0.1) is 24.0 Å². The van der Waals surface area contributed by atoms with E-state index in [9.17, 15) is 21.6 Å². The molecule has 0 saturated carbocycles. The van der Waals surface area contributed by atoms with Gasteiger partial charge in [-0.25, -0.2) is 8.42 Å². The third-order valence-corrected chi connectivity index (χ3v) is 6.79. The first kappa shape index (κ1) is 27.0. The van der Waals surface area contributed by atoms with Crippen molar-refractivity contribution in [3.05, 3.63) is 34.4 Å². The van der Waals surface area contributed by atoms with Crippen LogP contribution in [0, 0.1) is 20.8 Å². The van der Waals surface area contributed by atoms with E-state index in [1.54, 1.807) is 7.05 Å². The van der Waals surface area contributed by atoms with Gasteiger partial charge >= 0.3 is 15.5 Å². The van der Waals surface area contributed by atoms with Crippen molar-refractivity contribution in [2.75, 3.05) is 26.7 Å². The molecule has 172 valence electrons. The zero-order valence-corrected chi connectivity index (χ0v) is 20.8. The van der Waals surface area contributed by atoms with E-state index in [0.29, 0.717) is 16.8 Å². The van der Waals surface area contributed by atoms with Gasteiger partial charge in [-0.2, -0.15) is 17.5 Å². The summed E-state index contributed by atoms with van der Waals surface area (Å²) in [6.45, 7) is 6.57. The van der Waals surface area contributed by atoms with Crippen LogP contribution < -0.4 is 10.6 Å². The van der Waals surface area contributed by atoms with Gasteiger partial charge in [0.15, 0.2) is 5.96 Å². The van der Waals surface area contributed by atoms with Crippen molar-refractivity contribution in [2.24, 2.45) is 4.99 Å². The fourth-order valence-corrected chi connectivity index (χ4v) is 4.67. The van der Waals surface area contributed by atoms with Gasteiger partial charge in [0.2, 0.25) is 0 Å². The summed E-state index contributed by atoms with van der Waals surface area (Å²) in [4.78, 5) is 4.16. The number of alkyl halides is 3. The molecule has 0 spiro atoms. The van der Waals surface area contributed by atoms with Crippen LogP contribution in [0.25, 0.3) is 0 Å². The highest BCUT2D eigenvalue weighted by atomic mass is 127. The van der Waals surface area contributed by atoms with Crippen LogP contribution in [0.4, 0.5) is 13.2 Å². The monoisotopic (exact) mass is 562 g/mol. The van der Waals surface area contributed by atoms with E-state index in [4.69, 9.17) is 0 Å². The highest BCUT2D eigenvalue weighted by Crippen LogP contribution is 2.28. The third kappa shape index (κ3) is 6.71. The molecule has 1 aliphatic heterocycles. The summed E-state index contributed by atoms with van der Waals surface area (Å²) >= 11 is 0. The van der Waals surface area contributed by atoms with Gasteiger partial charge in [0.1, 0.15) is 0 Å². The second-order valence-electron chi connectivity index (χ2n) is 7.39. The quantitative estimate of drug-likeness (QED) is 0.329. The number of aryl methyl sites for hydroxylation is 3. The SMILES string of the molecule is CN=C(NCCc1c(C)cc(C)cc1C)NC1CCN(S(=O)(=O)C(F)(F)F)CC1.I. The summed E-state index contributed by atoms with van der Waals surface area (Å²) in [7, 11) is -3.63. The minimum atomic E-state index is -5.25. The van der Waals surface area contributed by atoms with Gasteiger partial charge < -0.3 is 10.6 Å². The lowest BCUT2D eigenvalue weighted by atomic mass is 9.97. The van der Waals surface area contributed by atoms with Gasteiger partial charge in [0, 0.05) is 32.7 Å². The zero-order valence-electron chi connectivity index (χ0n) is 17.6. The van der Waals surface area contributed by atoms with E-state index in [2.05, 4.69) is 48.5 Å². The Morgan fingerprint density at radius 1 is 1.17 bits per heavy atom. The maximum Gasteiger partial charge on any atom is 0.511 e. The van der Waals surface area contributed by atoms with Crippen LogP contribution in [-0.2, 0) is 16.4 Å². The molecule has 0 bridgehead atoms. The van der Waals surface area contributed by atoms with Crippen molar-refractivity contribution in [1.29, 1.82) is 0 Å². The fraction of sp³-hybridized carbons (Fsp3) is 0.632. The Hall–Kier alpha value is -1.08. The van der Waals surface area contributed by atoms with Crippen LogP contribution in [0.3, 0.4) is 0 Å². The lowest BCUT2D eigenvalue weighted by molar-refractivity contribution is -0.0494. The Labute approximate surface area is 193 Å². The minimum absolute atomic E-state index is 0. The second kappa shape index (κ2) is 11.0. The number of piperidine rings is 1. The van der Waals surface area contributed by atoms with Crippen LogP contribution in [0.5, 0.6) is 0 Å². The van der Waals surface area contributed by atoms with Gasteiger partial charge in [0.25, 0.3) is 0 Å². The number of hydrogen-bond donors (Lipinski definition) is 2. The fourth-order valence-electron chi connectivity index (χ4n) is 3.69. The zero-order chi connectivity index (χ0) is 21.8. The van der Waals surface area contributed by atoms with Gasteiger partial charge in [-0.05, 0) is 56.7 Å². The molecule has 0 atom stereocenters. The molecule has 1 aromatic rings. The average molecular weight is 562 g/mol. The van der Waals surface area contributed by atoms with Crippen molar-refractivity contribution in [1.82, 2.24) is 14.9 Å². The smallest absolute Gasteiger partial charge is 0.356 e. The molecule has 30 heavy (non-hydrogen) atoms. The standard InChI is InChI=1S/C19H29F3N4O2S.HI/c1-13-11-14(2)17(15(3)12-13)5-8-24-18(23-4)25-16-6-9-26(10-7-16)29(27,28)19(20,21)22;/h11-12,16H,5-10H2,1-4H3,(H2,23,24,25);1H. The van der Waals surface area contributed by atoms with E-state index in [1.165, 1.54) is 22.3 Å². The molecule has 1 saturated heterocycles. The molecule has 1 heterocycles. The molecule has 1 aromatic carbocycles. The predicted molar refractivity (Wildman–Crippen MR) is 124 cm³/mol. The first-order valence-electron chi connectivity index (χ1n) is 9.56. The van der Waals surface area contributed by atoms with Gasteiger partial charge in [0.05, 0.1) is 0 Å². The highest BCUT2D eigenvalue weighted by Gasteiger charge is 2.50. The number of sulfonamides is 1. The summed E-state index contributed by atoms with van der Waals surface area (Å²) < 4.78 is 61.5. The van der Waals surface area contributed by atoms with Crippen molar-refractivity contribution < 1.29 is 21.6 Å². The molecule has 1 fully saturated rings. The maximum atomic E-state index is 12.7. The summed E-state index contributed by atoms with van der Waals surface area (Å²) in [6, 6.07) is 4.17. The van der Waals surface area contributed by atoms with Crippen molar-refractivity contribution in [3.8, 4) is 0 Å². The molecule has 2 N–H and O–H groups in total. The lowest BCUT2D eigenvalue weighted by Crippen LogP contribution is -2.51. The molecule has 0 radical (unpaired) electrons. The number of benzene rings is 1. The third-order valence-electron chi connectivity index (χ3n) is 5.16. The number of rotatable bonds is 5. The molecular weight excluding hydrogens is 532 g/mol. The lowest BCUT2D eigenvalue weighted by Gasteiger charge is -2.32.